The molecule has 4 rings (SSSR count). The van der Waals surface area contributed by atoms with E-state index in [-0.39, 0.29) is 16.7 Å². The molecule has 1 saturated heterocycles. The summed E-state index contributed by atoms with van der Waals surface area (Å²) in [6, 6.07) is 20.1. The Kier molecular flexibility index (Phi) is 7.49. The molecule has 10 heteroatoms. The van der Waals surface area contributed by atoms with Crippen molar-refractivity contribution < 1.29 is 22.3 Å². The Bertz CT molecular complexity index is 1260. The second-order valence-corrected chi connectivity index (χ2v) is 10.4. The van der Waals surface area contributed by atoms with E-state index in [4.69, 9.17) is 4.74 Å². The topological polar surface area (TPSA) is 88.1 Å². The van der Waals surface area contributed by atoms with E-state index in [1.54, 1.807) is 30.3 Å². The summed E-state index contributed by atoms with van der Waals surface area (Å²) in [6.07, 6.45) is 1.67. The van der Waals surface area contributed by atoms with Crippen LogP contribution in [-0.4, -0.2) is 44.7 Å². The monoisotopic (exact) mass is 499 g/mol. The highest BCUT2D eigenvalue weighted by atomic mass is 32.2. The fraction of sp³-hybridized carbons (Fsp3) is 0.167. The normalized spacial score (nSPS) is 13.9. The van der Waals surface area contributed by atoms with Gasteiger partial charge in [-0.2, -0.15) is 16.9 Å². The lowest BCUT2D eigenvalue weighted by molar-refractivity contribution is -0.119. The lowest BCUT2D eigenvalue weighted by Gasteiger charge is -2.25. The smallest absolute Gasteiger partial charge is 0.264 e. The Balaban J connectivity index is 1.45. The zero-order valence-electron chi connectivity index (χ0n) is 18.0. The molecular weight excluding hydrogens is 477 g/mol. The average molecular weight is 500 g/mol. The molecule has 0 bridgehead atoms. The van der Waals surface area contributed by atoms with E-state index in [9.17, 15) is 17.6 Å². The van der Waals surface area contributed by atoms with Crippen LogP contribution in [0.5, 0.6) is 5.75 Å². The number of carbonyl (C=O) groups excluding carboxylic acids is 1. The minimum Gasteiger partial charge on any atom is -0.489 e. The van der Waals surface area contributed by atoms with Crippen molar-refractivity contribution in [3.05, 3.63) is 90.2 Å². The number of hydrogen-bond donors (Lipinski definition) is 1. The summed E-state index contributed by atoms with van der Waals surface area (Å²) in [6.45, 7) is -0.651. The molecule has 0 radical (unpaired) electrons. The number of para-hydroxylation sites is 1. The van der Waals surface area contributed by atoms with E-state index < -0.39 is 28.3 Å². The molecule has 1 heterocycles. The number of amides is 1. The first kappa shape index (κ1) is 23.8. The summed E-state index contributed by atoms with van der Waals surface area (Å²) >= 11 is 1.84. The molecule has 0 unspecified atom stereocenters. The SMILES string of the molecule is O=C(CN(c1ccccc1F)S(=O)(=O)c1ccccc1)N/N=C\c1ccc(OC2CSC2)cc1. The zero-order valence-corrected chi connectivity index (χ0v) is 19.6. The number of nitrogens with one attached hydrogen (secondary N) is 1. The van der Waals surface area contributed by atoms with Crippen molar-refractivity contribution in [2.45, 2.75) is 11.0 Å². The molecule has 0 saturated carbocycles. The van der Waals surface area contributed by atoms with E-state index >= 15 is 0 Å². The Morgan fingerprint density at radius 2 is 1.74 bits per heavy atom. The Labute approximate surface area is 201 Å². The van der Waals surface area contributed by atoms with Crippen molar-refractivity contribution in [2.75, 3.05) is 22.4 Å². The van der Waals surface area contributed by atoms with Gasteiger partial charge in [-0.25, -0.2) is 18.2 Å². The molecular formula is C24H22FN3O4S2. The van der Waals surface area contributed by atoms with Gasteiger partial charge in [-0.3, -0.25) is 9.10 Å². The van der Waals surface area contributed by atoms with Gasteiger partial charge >= 0.3 is 0 Å². The van der Waals surface area contributed by atoms with Gasteiger partial charge in [0.15, 0.2) is 0 Å². The number of ether oxygens (including phenoxy) is 1. The standard InChI is InChI=1S/C24H22FN3O4S2/c25-22-8-4-5-9-23(22)28(34(30,31)21-6-2-1-3-7-21)15-24(29)27-26-14-18-10-12-19(13-11-18)32-20-16-33-17-20/h1-14,20H,15-17H2,(H,27,29)/b26-14-. The van der Waals surface area contributed by atoms with Crippen LogP contribution in [0.4, 0.5) is 10.1 Å². The van der Waals surface area contributed by atoms with Crippen molar-refractivity contribution in [1.29, 1.82) is 0 Å². The summed E-state index contributed by atoms with van der Waals surface area (Å²) in [5.74, 6) is 1.25. The summed E-state index contributed by atoms with van der Waals surface area (Å²) in [5.41, 5.74) is 2.80. The van der Waals surface area contributed by atoms with Crippen LogP contribution in [0.2, 0.25) is 0 Å². The van der Waals surface area contributed by atoms with Gasteiger partial charge in [0, 0.05) is 11.5 Å². The van der Waals surface area contributed by atoms with Crippen LogP contribution in [0.1, 0.15) is 5.56 Å². The lowest BCUT2D eigenvalue weighted by Crippen LogP contribution is -2.40. The maximum absolute atomic E-state index is 14.5. The third-order valence-corrected chi connectivity index (χ3v) is 7.92. The van der Waals surface area contributed by atoms with Crippen LogP contribution in [-0.2, 0) is 14.8 Å². The third kappa shape index (κ3) is 5.75. The van der Waals surface area contributed by atoms with E-state index in [1.165, 1.54) is 36.5 Å². The average Bonchev–Trinajstić information content (AvgIpc) is 2.82. The predicted molar refractivity (Wildman–Crippen MR) is 131 cm³/mol. The van der Waals surface area contributed by atoms with Gasteiger partial charge in [0.1, 0.15) is 24.2 Å². The Hall–Kier alpha value is -3.37. The minimum absolute atomic E-state index is 0.0580. The maximum atomic E-state index is 14.5. The van der Waals surface area contributed by atoms with Crippen molar-refractivity contribution >= 4 is 39.6 Å². The molecule has 0 aliphatic carbocycles. The van der Waals surface area contributed by atoms with E-state index in [1.807, 2.05) is 23.9 Å². The van der Waals surface area contributed by atoms with Gasteiger partial charge in [0.2, 0.25) is 0 Å². The number of hydrogen-bond acceptors (Lipinski definition) is 6. The summed E-state index contributed by atoms with van der Waals surface area (Å²) in [7, 11) is -4.20. The molecule has 176 valence electrons. The molecule has 1 N–H and O–H groups in total. The van der Waals surface area contributed by atoms with Crippen LogP contribution in [0.15, 0.2) is 88.9 Å². The number of thioether (sulfide) groups is 1. The highest BCUT2D eigenvalue weighted by Crippen LogP contribution is 2.26. The Morgan fingerprint density at radius 1 is 1.06 bits per heavy atom. The molecule has 1 aliphatic rings. The second kappa shape index (κ2) is 10.7. The number of sulfonamides is 1. The number of carbonyl (C=O) groups is 1. The Morgan fingerprint density at radius 3 is 2.38 bits per heavy atom. The predicted octanol–water partition coefficient (Wildman–Crippen LogP) is 3.67. The van der Waals surface area contributed by atoms with Crippen molar-refractivity contribution in [2.24, 2.45) is 5.10 Å². The third-order valence-electron chi connectivity index (χ3n) is 4.93. The van der Waals surface area contributed by atoms with Crippen LogP contribution in [0.25, 0.3) is 0 Å². The fourth-order valence-electron chi connectivity index (χ4n) is 3.12. The molecule has 1 amide bonds. The maximum Gasteiger partial charge on any atom is 0.264 e. The fourth-order valence-corrected chi connectivity index (χ4v) is 5.14. The van der Waals surface area contributed by atoms with Crippen LogP contribution in [0.3, 0.4) is 0 Å². The molecule has 1 fully saturated rings. The number of anilines is 1. The number of nitrogens with zero attached hydrogens (tertiary/aromatic N) is 2. The van der Waals surface area contributed by atoms with Gasteiger partial charge in [0.05, 0.1) is 16.8 Å². The van der Waals surface area contributed by atoms with E-state index in [0.717, 1.165) is 33.2 Å². The first-order valence-electron chi connectivity index (χ1n) is 10.4. The molecule has 7 nitrogen and oxygen atoms in total. The largest absolute Gasteiger partial charge is 0.489 e. The quantitative estimate of drug-likeness (QED) is 0.359. The number of rotatable bonds is 9. The van der Waals surface area contributed by atoms with Gasteiger partial charge in [0.25, 0.3) is 15.9 Å². The summed E-state index contributed by atoms with van der Waals surface area (Å²) < 4.78 is 47.3. The molecule has 0 spiro atoms. The highest BCUT2D eigenvalue weighted by Gasteiger charge is 2.29. The molecule has 3 aromatic rings. The first-order valence-corrected chi connectivity index (χ1v) is 13.0. The van der Waals surface area contributed by atoms with Gasteiger partial charge in [-0.1, -0.05) is 30.3 Å². The molecule has 1 aliphatic heterocycles. The molecule has 3 aromatic carbocycles. The summed E-state index contributed by atoms with van der Waals surface area (Å²) in [5, 5.41) is 3.90. The highest BCUT2D eigenvalue weighted by molar-refractivity contribution is 8.00. The van der Waals surface area contributed by atoms with Crippen LogP contribution >= 0.6 is 11.8 Å². The van der Waals surface area contributed by atoms with Crippen molar-refractivity contribution in [3.8, 4) is 5.75 Å². The van der Waals surface area contributed by atoms with Gasteiger partial charge in [-0.15, -0.1) is 0 Å². The molecule has 34 heavy (non-hydrogen) atoms. The van der Waals surface area contributed by atoms with Gasteiger partial charge < -0.3 is 4.74 Å². The first-order chi connectivity index (χ1) is 16.4. The number of hydrazone groups is 1. The summed E-state index contributed by atoms with van der Waals surface area (Å²) in [4.78, 5) is 12.5. The van der Waals surface area contributed by atoms with Crippen molar-refractivity contribution in [3.63, 3.8) is 0 Å². The molecule has 0 aromatic heterocycles. The zero-order chi connectivity index (χ0) is 24.0. The second-order valence-electron chi connectivity index (χ2n) is 7.42. The molecule has 0 atom stereocenters. The number of halogens is 1. The lowest BCUT2D eigenvalue weighted by atomic mass is 10.2. The van der Waals surface area contributed by atoms with Crippen LogP contribution in [0, 0.1) is 5.82 Å². The van der Waals surface area contributed by atoms with E-state index in [0.29, 0.717) is 0 Å². The minimum atomic E-state index is -4.20. The van der Waals surface area contributed by atoms with Crippen LogP contribution < -0.4 is 14.5 Å². The van der Waals surface area contributed by atoms with Crippen molar-refractivity contribution in [1.82, 2.24) is 5.43 Å². The van der Waals surface area contributed by atoms with Gasteiger partial charge in [-0.05, 0) is 54.1 Å². The number of benzene rings is 3. The van der Waals surface area contributed by atoms with E-state index in [2.05, 4.69) is 10.5 Å².